The third-order valence-corrected chi connectivity index (χ3v) is 2.70. The lowest BCUT2D eigenvalue weighted by Gasteiger charge is -2.30. The highest BCUT2D eigenvalue weighted by molar-refractivity contribution is 5.79. The van der Waals surface area contributed by atoms with Crippen LogP contribution >= 0.6 is 0 Å². The molecule has 0 spiro atoms. The van der Waals surface area contributed by atoms with Crippen LogP contribution in [0.25, 0.3) is 0 Å². The van der Waals surface area contributed by atoms with Crippen LogP contribution in [0.3, 0.4) is 0 Å². The molecule has 0 aromatic heterocycles. The molecule has 1 unspecified atom stereocenters. The van der Waals surface area contributed by atoms with Gasteiger partial charge in [-0.1, -0.05) is 33.6 Å². The number of hydrogen-bond acceptors (Lipinski definition) is 4. The van der Waals surface area contributed by atoms with Crippen molar-refractivity contribution < 1.29 is 14.3 Å². The summed E-state index contributed by atoms with van der Waals surface area (Å²) in [5, 5.41) is 0. The van der Waals surface area contributed by atoms with Gasteiger partial charge in [0.05, 0.1) is 13.7 Å². The maximum atomic E-state index is 11.8. The van der Waals surface area contributed by atoms with Gasteiger partial charge in [0.25, 0.3) is 0 Å². The predicted molar refractivity (Wildman–Crippen MR) is 70.9 cm³/mol. The molecule has 106 valence electrons. The third-order valence-electron chi connectivity index (χ3n) is 2.70. The molecule has 18 heavy (non-hydrogen) atoms. The fraction of sp³-hybridized carbons (Fsp3) is 0.846. The highest BCUT2D eigenvalue weighted by Crippen LogP contribution is 2.13. The Morgan fingerprint density at radius 3 is 2.33 bits per heavy atom. The van der Waals surface area contributed by atoms with E-state index >= 15 is 0 Å². The van der Waals surface area contributed by atoms with Crippen LogP contribution in [0.4, 0.5) is 0 Å². The van der Waals surface area contributed by atoms with Crippen molar-refractivity contribution in [3.05, 3.63) is 0 Å². The molecule has 0 aliphatic rings. The minimum Gasteiger partial charge on any atom is -0.468 e. The van der Waals surface area contributed by atoms with Crippen LogP contribution in [-0.2, 0) is 14.3 Å². The SMILES string of the molecule is CCCCC(C(=O)OC)N(CC(N)=O)CC(C)C. The number of rotatable bonds is 9. The smallest absolute Gasteiger partial charge is 0.323 e. The minimum atomic E-state index is -0.416. The fourth-order valence-electron chi connectivity index (χ4n) is 1.95. The molecular formula is C13H26N2O3. The van der Waals surface area contributed by atoms with Crippen LogP contribution in [0, 0.1) is 5.92 Å². The predicted octanol–water partition coefficient (Wildman–Crippen LogP) is 1.16. The first kappa shape index (κ1) is 16.9. The van der Waals surface area contributed by atoms with Gasteiger partial charge in [0.2, 0.25) is 5.91 Å². The van der Waals surface area contributed by atoms with Crippen molar-refractivity contribution in [1.29, 1.82) is 0 Å². The molecule has 0 bridgehead atoms. The Morgan fingerprint density at radius 1 is 1.33 bits per heavy atom. The van der Waals surface area contributed by atoms with E-state index in [1.165, 1.54) is 7.11 Å². The van der Waals surface area contributed by atoms with Crippen LogP contribution in [0.15, 0.2) is 0 Å². The number of nitrogens with two attached hydrogens (primary N) is 1. The van der Waals surface area contributed by atoms with Crippen LogP contribution in [0.1, 0.15) is 40.0 Å². The first-order valence-electron chi connectivity index (χ1n) is 6.52. The minimum absolute atomic E-state index is 0.0989. The van der Waals surface area contributed by atoms with E-state index in [2.05, 4.69) is 6.92 Å². The molecular weight excluding hydrogens is 232 g/mol. The van der Waals surface area contributed by atoms with E-state index in [-0.39, 0.29) is 18.6 Å². The Labute approximate surface area is 110 Å². The summed E-state index contributed by atoms with van der Waals surface area (Å²) in [7, 11) is 1.37. The van der Waals surface area contributed by atoms with Crippen LogP contribution < -0.4 is 5.73 Å². The number of ether oxygens (including phenoxy) is 1. The van der Waals surface area contributed by atoms with Gasteiger partial charge in [0.1, 0.15) is 6.04 Å². The summed E-state index contributed by atoms with van der Waals surface area (Å²) >= 11 is 0. The molecule has 0 heterocycles. The van der Waals surface area contributed by atoms with E-state index in [1.54, 1.807) is 0 Å². The number of unbranched alkanes of at least 4 members (excludes halogenated alkanes) is 1. The average molecular weight is 258 g/mol. The molecule has 0 saturated carbocycles. The number of carbonyl (C=O) groups excluding carboxylic acids is 2. The second-order valence-electron chi connectivity index (χ2n) is 4.97. The average Bonchev–Trinajstić information content (AvgIpc) is 2.27. The quantitative estimate of drug-likeness (QED) is 0.630. The van der Waals surface area contributed by atoms with Gasteiger partial charge in [-0.25, -0.2) is 0 Å². The fourth-order valence-corrected chi connectivity index (χ4v) is 1.95. The Balaban J connectivity index is 4.80. The maximum Gasteiger partial charge on any atom is 0.323 e. The van der Waals surface area contributed by atoms with Crippen LogP contribution in [-0.4, -0.2) is 43.0 Å². The summed E-state index contributed by atoms with van der Waals surface area (Å²) in [5.41, 5.74) is 5.24. The third kappa shape index (κ3) is 6.59. The van der Waals surface area contributed by atoms with Crippen molar-refractivity contribution in [3.8, 4) is 0 Å². The van der Waals surface area contributed by atoms with Gasteiger partial charge in [-0.2, -0.15) is 0 Å². The number of nitrogens with zero attached hydrogens (tertiary/aromatic N) is 1. The van der Waals surface area contributed by atoms with Gasteiger partial charge in [-0.3, -0.25) is 14.5 Å². The van der Waals surface area contributed by atoms with Gasteiger partial charge in [0, 0.05) is 6.54 Å². The zero-order chi connectivity index (χ0) is 14.1. The van der Waals surface area contributed by atoms with E-state index < -0.39 is 5.91 Å². The van der Waals surface area contributed by atoms with Crippen molar-refractivity contribution in [3.63, 3.8) is 0 Å². The molecule has 0 fully saturated rings. The Hall–Kier alpha value is -1.10. The lowest BCUT2D eigenvalue weighted by atomic mass is 10.1. The topological polar surface area (TPSA) is 72.6 Å². The molecule has 5 nitrogen and oxygen atoms in total. The lowest BCUT2D eigenvalue weighted by Crippen LogP contribution is -2.47. The van der Waals surface area contributed by atoms with Gasteiger partial charge in [-0.15, -0.1) is 0 Å². The second kappa shape index (κ2) is 8.91. The molecule has 0 aromatic carbocycles. The molecule has 0 aliphatic carbocycles. The van der Waals surface area contributed by atoms with E-state index in [0.717, 1.165) is 12.8 Å². The zero-order valence-electron chi connectivity index (χ0n) is 11.9. The number of primary amides is 1. The van der Waals surface area contributed by atoms with E-state index in [1.807, 2.05) is 18.7 Å². The normalized spacial score (nSPS) is 12.8. The number of methoxy groups -OCH3 is 1. The molecule has 0 aromatic rings. The number of hydrogen-bond donors (Lipinski definition) is 1. The highest BCUT2D eigenvalue weighted by atomic mass is 16.5. The summed E-state index contributed by atoms with van der Waals surface area (Å²) < 4.78 is 4.82. The van der Waals surface area contributed by atoms with Crippen molar-refractivity contribution >= 4 is 11.9 Å². The van der Waals surface area contributed by atoms with E-state index in [9.17, 15) is 9.59 Å². The lowest BCUT2D eigenvalue weighted by molar-refractivity contribution is -0.148. The highest BCUT2D eigenvalue weighted by Gasteiger charge is 2.27. The number of amides is 1. The molecule has 0 aliphatic heterocycles. The van der Waals surface area contributed by atoms with Crippen molar-refractivity contribution in [2.24, 2.45) is 11.7 Å². The van der Waals surface area contributed by atoms with Crippen LogP contribution in [0.2, 0.25) is 0 Å². The van der Waals surface area contributed by atoms with Crippen molar-refractivity contribution in [2.75, 3.05) is 20.2 Å². The molecule has 2 N–H and O–H groups in total. The van der Waals surface area contributed by atoms with Gasteiger partial charge < -0.3 is 10.5 Å². The first-order valence-corrected chi connectivity index (χ1v) is 6.52. The maximum absolute atomic E-state index is 11.8. The largest absolute Gasteiger partial charge is 0.468 e. The molecule has 1 atom stereocenters. The van der Waals surface area contributed by atoms with Gasteiger partial charge in [0.15, 0.2) is 0 Å². The second-order valence-corrected chi connectivity index (χ2v) is 4.97. The van der Waals surface area contributed by atoms with Crippen molar-refractivity contribution in [2.45, 2.75) is 46.1 Å². The van der Waals surface area contributed by atoms with Gasteiger partial charge >= 0.3 is 5.97 Å². The molecule has 1 amide bonds. The zero-order valence-corrected chi connectivity index (χ0v) is 11.9. The van der Waals surface area contributed by atoms with Crippen LogP contribution in [0.5, 0.6) is 0 Å². The summed E-state index contributed by atoms with van der Waals surface area (Å²) in [6.45, 7) is 6.91. The molecule has 0 radical (unpaired) electrons. The summed E-state index contributed by atoms with van der Waals surface area (Å²) in [6, 6.07) is -0.371. The van der Waals surface area contributed by atoms with Crippen molar-refractivity contribution in [1.82, 2.24) is 4.90 Å². The van der Waals surface area contributed by atoms with E-state index in [0.29, 0.717) is 18.9 Å². The summed E-state index contributed by atoms with van der Waals surface area (Å²) in [6.07, 6.45) is 2.62. The summed E-state index contributed by atoms with van der Waals surface area (Å²) in [4.78, 5) is 24.7. The first-order chi connectivity index (χ1) is 8.42. The Kier molecular flexibility index (Phi) is 8.37. The molecule has 0 rings (SSSR count). The number of esters is 1. The van der Waals surface area contributed by atoms with Gasteiger partial charge in [-0.05, 0) is 12.3 Å². The monoisotopic (exact) mass is 258 g/mol. The summed E-state index contributed by atoms with van der Waals surface area (Å²) in [5.74, 6) is -0.343. The van der Waals surface area contributed by atoms with E-state index in [4.69, 9.17) is 10.5 Å². The molecule has 0 saturated heterocycles. The Morgan fingerprint density at radius 2 is 1.94 bits per heavy atom. The number of carbonyl (C=O) groups is 2. The standard InChI is InChI=1S/C13H26N2O3/c1-5-6-7-11(13(17)18-4)15(8-10(2)3)9-12(14)16/h10-11H,5-9H2,1-4H3,(H2,14,16). The Bertz CT molecular complexity index is 267. The molecule has 5 heteroatoms.